The van der Waals surface area contributed by atoms with Crippen LogP contribution in [0, 0.1) is 32.1 Å². The highest BCUT2D eigenvalue weighted by atomic mass is 16.6. The number of fused-ring (bicyclic) bond motifs is 2. The molecule has 7 heteroatoms. The van der Waals surface area contributed by atoms with Crippen LogP contribution >= 0.6 is 0 Å². The maximum atomic E-state index is 10.5. The van der Waals surface area contributed by atoms with E-state index in [-0.39, 0.29) is 11.4 Å². The topological polar surface area (TPSA) is 95.5 Å². The summed E-state index contributed by atoms with van der Waals surface area (Å²) in [6.07, 6.45) is 9.19. The first-order valence-corrected chi connectivity index (χ1v) is 8.36. The van der Waals surface area contributed by atoms with Crippen molar-refractivity contribution >= 4 is 11.4 Å². The molecule has 0 amide bonds. The average molecular weight is 354 g/mol. The first-order chi connectivity index (χ1) is 12.5. The normalized spacial score (nSPS) is 19.5. The van der Waals surface area contributed by atoms with Gasteiger partial charge in [-0.25, -0.2) is 0 Å². The molecule has 134 valence electrons. The van der Waals surface area contributed by atoms with Crippen LogP contribution in [0.1, 0.15) is 19.3 Å². The van der Waals surface area contributed by atoms with Gasteiger partial charge < -0.3 is 4.74 Å². The number of nitrogens with zero attached hydrogens (tertiary/aromatic N) is 2. The summed E-state index contributed by atoms with van der Waals surface area (Å²) in [4.78, 5) is 19.9. The summed E-state index contributed by atoms with van der Waals surface area (Å²) in [6.45, 7) is 0. The Labute approximate surface area is 150 Å². The molecular weight excluding hydrogens is 336 g/mol. The van der Waals surface area contributed by atoms with E-state index in [1.165, 1.54) is 67.8 Å². The van der Waals surface area contributed by atoms with E-state index in [2.05, 4.69) is 12.2 Å². The van der Waals surface area contributed by atoms with Gasteiger partial charge in [0.2, 0.25) is 0 Å². The third kappa shape index (κ3) is 4.44. The number of nitro benzene ring substituents is 2. The molecule has 0 radical (unpaired) electrons. The van der Waals surface area contributed by atoms with Crippen LogP contribution in [0.5, 0.6) is 11.5 Å². The molecular formula is C19H18N2O5. The van der Waals surface area contributed by atoms with Gasteiger partial charge in [0.1, 0.15) is 11.5 Å². The number of allylic oxidation sites excluding steroid dienone is 2. The second kappa shape index (κ2) is 7.77. The van der Waals surface area contributed by atoms with Crippen molar-refractivity contribution in [3.8, 4) is 11.5 Å². The molecule has 2 atom stereocenters. The van der Waals surface area contributed by atoms with Crippen LogP contribution in [-0.2, 0) is 0 Å². The van der Waals surface area contributed by atoms with Crippen LogP contribution in [-0.4, -0.2) is 9.85 Å². The Kier molecular flexibility index (Phi) is 5.26. The lowest BCUT2D eigenvalue weighted by Crippen LogP contribution is -1.89. The maximum Gasteiger partial charge on any atom is 0.269 e. The van der Waals surface area contributed by atoms with Crippen molar-refractivity contribution in [2.45, 2.75) is 19.3 Å². The van der Waals surface area contributed by atoms with Crippen LogP contribution in [0.4, 0.5) is 11.4 Å². The smallest absolute Gasteiger partial charge is 0.269 e. The predicted octanol–water partition coefficient (Wildman–Crippen LogP) is 5.27. The van der Waals surface area contributed by atoms with Gasteiger partial charge in [-0.2, -0.15) is 0 Å². The fraction of sp³-hybridized carbons (Fsp3) is 0.263. The number of hydrogen-bond donors (Lipinski definition) is 0. The Morgan fingerprint density at radius 1 is 0.731 bits per heavy atom. The molecule has 2 aromatic rings. The molecule has 7 nitrogen and oxygen atoms in total. The van der Waals surface area contributed by atoms with Gasteiger partial charge in [-0.3, -0.25) is 20.2 Å². The van der Waals surface area contributed by atoms with Crippen molar-refractivity contribution in [1.29, 1.82) is 0 Å². The quantitative estimate of drug-likeness (QED) is 0.423. The molecule has 4 rings (SSSR count). The monoisotopic (exact) mass is 354 g/mol. The first-order valence-electron chi connectivity index (χ1n) is 8.36. The number of hydrogen-bond acceptors (Lipinski definition) is 5. The number of nitro groups is 2. The van der Waals surface area contributed by atoms with Gasteiger partial charge in [-0.1, -0.05) is 12.2 Å². The molecule has 0 aromatic heterocycles. The first kappa shape index (κ1) is 17.6. The SMILES string of the molecule is C1=CC2CCC1C2.O=[N+]([O-])c1ccc(Oc2ccc([N+](=O)[O-])cc2)cc1. The van der Waals surface area contributed by atoms with Crippen LogP contribution < -0.4 is 4.74 Å². The van der Waals surface area contributed by atoms with Gasteiger partial charge in [-0.05, 0) is 55.4 Å². The summed E-state index contributed by atoms with van der Waals surface area (Å²) in [5.74, 6) is 2.81. The van der Waals surface area contributed by atoms with Crippen LogP contribution in [0.2, 0.25) is 0 Å². The second-order valence-electron chi connectivity index (χ2n) is 6.32. The molecule has 0 spiro atoms. The Morgan fingerprint density at radius 2 is 1.12 bits per heavy atom. The van der Waals surface area contributed by atoms with Crippen molar-refractivity contribution in [3.63, 3.8) is 0 Å². The highest BCUT2D eigenvalue weighted by molar-refractivity contribution is 5.41. The van der Waals surface area contributed by atoms with Gasteiger partial charge in [-0.15, -0.1) is 0 Å². The lowest BCUT2D eigenvalue weighted by atomic mass is 10.1. The largest absolute Gasteiger partial charge is 0.457 e. The summed E-state index contributed by atoms with van der Waals surface area (Å²) in [7, 11) is 0. The Hall–Kier alpha value is -3.22. The predicted molar refractivity (Wildman–Crippen MR) is 96.2 cm³/mol. The van der Waals surface area contributed by atoms with Gasteiger partial charge in [0.05, 0.1) is 9.85 Å². The summed E-state index contributed by atoms with van der Waals surface area (Å²) >= 11 is 0. The van der Waals surface area contributed by atoms with E-state index in [0.717, 1.165) is 11.8 Å². The molecule has 0 aliphatic heterocycles. The fourth-order valence-corrected chi connectivity index (χ4v) is 3.12. The highest BCUT2D eigenvalue weighted by Crippen LogP contribution is 2.38. The van der Waals surface area contributed by atoms with Crippen molar-refractivity contribution in [1.82, 2.24) is 0 Å². The van der Waals surface area contributed by atoms with Crippen molar-refractivity contribution in [2.75, 3.05) is 0 Å². The molecule has 2 aromatic carbocycles. The summed E-state index contributed by atoms with van der Waals surface area (Å²) in [5, 5.41) is 20.9. The fourth-order valence-electron chi connectivity index (χ4n) is 3.12. The van der Waals surface area contributed by atoms with E-state index < -0.39 is 9.85 Å². The van der Waals surface area contributed by atoms with E-state index in [0.29, 0.717) is 11.5 Å². The molecule has 2 bridgehead atoms. The summed E-state index contributed by atoms with van der Waals surface area (Å²) in [5.41, 5.74) is -0.0629. The van der Waals surface area contributed by atoms with Gasteiger partial charge in [0, 0.05) is 24.3 Å². The van der Waals surface area contributed by atoms with Crippen LogP contribution in [0.3, 0.4) is 0 Å². The number of benzene rings is 2. The van der Waals surface area contributed by atoms with E-state index in [1.807, 2.05) is 0 Å². The molecule has 0 N–H and O–H groups in total. The van der Waals surface area contributed by atoms with Crippen molar-refractivity contribution in [3.05, 3.63) is 80.9 Å². The third-order valence-electron chi connectivity index (χ3n) is 4.50. The van der Waals surface area contributed by atoms with Gasteiger partial charge >= 0.3 is 0 Å². The van der Waals surface area contributed by atoms with E-state index in [9.17, 15) is 20.2 Å². The van der Waals surface area contributed by atoms with E-state index in [1.54, 1.807) is 0 Å². The lowest BCUT2D eigenvalue weighted by Gasteiger charge is -2.04. The summed E-state index contributed by atoms with van der Waals surface area (Å²) in [6, 6.07) is 11.1. The molecule has 2 aliphatic carbocycles. The molecule has 26 heavy (non-hydrogen) atoms. The molecule has 0 heterocycles. The minimum atomic E-state index is -0.504. The Bertz CT molecular complexity index is 747. The molecule has 1 fully saturated rings. The van der Waals surface area contributed by atoms with E-state index in [4.69, 9.17) is 4.74 Å². The van der Waals surface area contributed by atoms with Crippen molar-refractivity contribution in [2.24, 2.45) is 11.8 Å². The number of rotatable bonds is 4. The zero-order valence-corrected chi connectivity index (χ0v) is 14.0. The maximum absolute atomic E-state index is 10.5. The molecule has 2 unspecified atom stereocenters. The number of non-ortho nitro benzene ring substituents is 2. The standard InChI is InChI=1S/C12H8N2O5.C7H10/c15-13(16)9-1-5-11(6-2-9)19-12-7-3-10(4-8-12)14(17)18;1-2-7-4-3-6(1)5-7/h1-8H;1-2,6-7H,3-5H2. The highest BCUT2D eigenvalue weighted by Gasteiger charge is 2.25. The van der Waals surface area contributed by atoms with Crippen molar-refractivity contribution < 1.29 is 14.6 Å². The Balaban J connectivity index is 0.000000229. The summed E-state index contributed by atoms with van der Waals surface area (Å²) < 4.78 is 5.40. The van der Waals surface area contributed by atoms with Gasteiger partial charge in [0.15, 0.2) is 0 Å². The average Bonchev–Trinajstić information content (AvgIpc) is 3.29. The van der Waals surface area contributed by atoms with Crippen LogP contribution in [0.25, 0.3) is 0 Å². The Morgan fingerprint density at radius 3 is 1.35 bits per heavy atom. The zero-order chi connectivity index (χ0) is 18.5. The second-order valence-corrected chi connectivity index (χ2v) is 6.32. The third-order valence-corrected chi connectivity index (χ3v) is 4.50. The van der Waals surface area contributed by atoms with Gasteiger partial charge in [0.25, 0.3) is 11.4 Å². The minimum Gasteiger partial charge on any atom is -0.457 e. The molecule has 2 aliphatic rings. The number of ether oxygens (including phenoxy) is 1. The minimum absolute atomic E-state index is 0.0314. The lowest BCUT2D eigenvalue weighted by molar-refractivity contribution is -0.385. The molecule has 0 saturated heterocycles. The van der Waals surface area contributed by atoms with Crippen LogP contribution in [0.15, 0.2) is 60.7 Å². The van der Waals surface area contributed by atoms with E-state index >= 15 is 0 Å². The zero-order valence-electron chi connectivity index (χ0n) is 14.0. The molecule has 1 saturated carbocycles.